The van der Waals surface area contributed by atoms with Gasteiger partial charge in [0, 0.05) is 17.3 Å². The molecule has 0 spiro atoms. The lowest BCUT2D eigenvalue weighted by Crippen LogP contribution is -1.96. The van der Waals surface area contributed by atoms with Gasteiger partial charge in [-0.2, -0.15) is 10.2 Å². The number of carbonyl (C=O) groups is 1. The van der Waals surface area contributed by atoms with Crippen LogP contribution in [0.2, 0.25) is 0 Å². The maximum atomic E-state index is 11.0. The standard InChI is InChI=1S/C24H20N4O3/c1-31-22-10-6-5-9-21(22)23-18(16-28(27-23)20-7-3-2-4-8-20)15-25-26-19-13-11-17(12-14-19)24(29)30/h2-16,26H,1H3,(H,29,30)/b25-15-. The van der Waals surface area contributed by atoms with E-state index in [1.54, 1.807) is 30.1 Å². The molecule has 0 radical (unpaired) electrons. The van der Waals surface area contributed by atoms with Crippen LogP contribution in [0.4, 0.5) is 5.69 Å². The molecule has 4 rings (SSSR count). The molecular weight excluding hydrogens is 392 g/mol. The molecule has 0 atom stereocenters. The van der Waals surface area contributed by atoms with Crippen molar-refractivity contribution in [3.63, 3.8) is 0 Å². The second-order valence-electron chi connectivity index (χ2n) is 6.67. The summed E-state index contributed by atoms with van der Waals surface area (Å²) in [5, 5.41) is 18.1. The van der Waals surface area contributed by atoms with E-state index in [1.165, 1.54) is 12.1 Å². The Kier molecular flexibility index (Phi) is 5.75. The summed E-state index contributed by atoms with van der Waals surface area (Å²) in [5.74, 6) is -0.252. The topological polar surface area (TPSA) is 88.7 Å². The molecule has 0 amide bonds. The van der Waals surface area contributed by atoms with Crippen molar-refractivity contribution in [1.29, 1.82) is 0 Å². The molecule has 4 aromatic rings. The molecule has 0 fully saturated rings. The molecule has 0 unspecified atom stereocenters. The number of para-hydroxylation sites is 2. The maximum absolute atomic E-state index is 11.0. The molecule has 1 aromatic heterocycles. The first kappa shape index (κ1) is 19.9. The Morgan fingerprint density at radius 3 is 2.45 bits per heavy atom. The number of carboxylic acid groups (broad SMARTS) is 1. The molecule has 7 heteroatoms. The molecule has 0 aliphatic carbocycles. The summed E-state index contributed by atoms with van der Waals surface area (Å²) in [5.41, 5.74) is 7.12. The lowest BCUT2D eigenvalue weighted by Gasteiger charge is -2.06. The summed E-state index contributed by atoms with van der Waals surface area (Å²) in [4.78, 5) is 11.0. The van der Waals surface area contributed by atoms with Crippen molar-refractivity contribution in [2.24, 2.45) is 5.10 Å². The van der Waals surface area contributed by atoms with E-state index in [-0.39, 0.29) is 5.56 Å². The highest BCUT2D eigenvalue weighted by Gasteiger charge is 2.14. The van der Waals surface area contributed by atoms with Gasteiger partial charge in [0.25, 0.3) is 0 Å². The Labute approximate surface area is 179 Å². The molecule has 0 aliphatic rings. The van der Waals surface area contributed by atoms with Gasteiger partial charge in [-0.25, -0.2) is 9.48 Å². The highest BCUT2D eigenvalue weighted by molar-refractivity contribution is 5.91. The third-order valence-corrected chi connectivity index (χ3v) is 4.65. The molecule has 3 aromatic carbocycles. The van der Waals surface area contributed by atoms with E-state index in [9.17, 15) is 4.79 Å². The predicted molar refractivity (Wildman–Crippen MR) is 120 cm³/mol. The van der Waals surface area contributed by atoms with E-state index in [1.807, 2.05) is 60.8 Å². The summed E-state index contributed by atoms with van der Waals surface area (Å²) < 4.78 is 7.31. The zero-order valence-corrected chi connectivity index (χ0v) is 16.8. The molecule has 0 bridgehead atoms. The van der Waals surface area contributed by atoms with Crippen molar-refractivity contribution in [3.8, 4) is 22.7 Å². The Hall–Kier alpha value is -4.39. The van der Waals surface area contributed by atoms with Crippen LogP contribution in [0.5, 0.6) is 5.75 Å². The van der Waals surface area contributed by atoms with E-state index in [4.69, 9.17) is 14.9 Å². The fourth-order valence-electron chi connectivity index (χ4n) is 3.11. The van der Waals surface area contributed by atoms with Crippen LogP contribution in [-0.2, 0) is 0 Å². The Morgan fingerprint density at radius 1 is 1.03 bits per heavy atom. The van der Waals surface area contributed by atoms with Crippen molar-refractivity contribution >= 4 is 17.9 Å². The minimum atomic E-state index is -0.968. The Bertz CT molecular complexity index is 1220. The van der Waals surface area contributed by atoms with E-state index < -0.39 is 5.97 Å². The average Bonchev–Trinajstić information content (AvgIpc) is 3.24. The van der Waals surface area contributed by atoms with Crippen LogP contribution < -0.4 is 10.2 Å². The van der Waals surface area contributed by atoms with Crippen LogP contribution >= 0.6 is 0 Å². The maximum Gasteiger partial charge on any atom is 0.335 e. The van der Waals surface area contributed by atoms with E-state index in [2.05, 4.69) is 10.5 Å². The van der Waals surface area contributed by atoms with Gasteiger partial charge in [0.15, 0.2) is 0 Å². The third-order valence-electron chi connectivity index (χ3n) is 4.65. The Morgan fingerprint density at radius 2 is 1.74 bits per heavy atom. The fourth-order valence-corrected chi connectivity index (χ4v) is 3.11. The SMILES string of the molecule is COc1ccccc1-c1nn(-c2ccccc2)cc1/C=N\Nc1ccc(C(=O)O)cc1. The molecule has 31 heavy (non-hydrogen) atoms. The van der Waals surface area contributed by atoms with Crippen LogP contribution in [-0.4, -0.2) is 34.2 Å². The number of nitrogens with zero attached hydrogens (tertiary/aromatic N) is 3. The van der Waals surface area contributed by atoms with Crippen molar-refractivity contribution < 1.29 is 14.6 Å². The van der Waals surface area contributed by atoms with Crippen LogP contribution in [0.1, 0.15) is 15.9 Å². The van der Waals surface area contributed by atoms with Crippen molar-refractivity contribution in [3.05, 3.63) is 96.2 Å². The van der Waals surface area contributed by atoms with Crippen molar-refractivity contribution in [2.75, 3.05) is 12.5 Å². The minimum Gasteiger partial charge on any atom is -0.496 e. The summed E-state index contributed by atoms with van der Waals surface area (Å²) in [6, 6.07) is 23.9. The summed E-state index contributed by atoms with van der Waals surface area (Å²) >= 11 is 0. The van der Waals surface area contributed by atoms with Crippen molar-refractivity contribution in [2.45, 2.75) is 0 Å². The molecule has 0 saturated heterocycles. The van der Waals surface area contributed by atoms with E-state index >= 15 is 0 Å². The van der Waals surface area contributed by atoms with Gasteiger partial charge >= 0.3 is 5.97 Å². The number of hydrogen-bond acceptors (Lipinski definition) is 5. The van der Waals surface area contributed by atoms with Crippen LogP contribution in [0.3, 0.4) is 0 Å². The molecular formula is C24H20N4O3. The molecule has 0 saturated carbocycles. The zero-order chi connectivity index (χ0) is 21.6. The largest absolute Gasteiger partial charge is 0.496 e. The minimum absolute atomic E-state index is 0.220. The fraction of sp³-hybridized carbons (Fsp3) is 0.0417. The lowest BCUT2D eigenvalue weighted by atomic mass is 10.1. The van der Waals surface area contributed by atoms with E-state index in [0.29, 0.717) is 11.4 Å². The van der Waals surface area contributed by atoms with Gasteiger partial charge in [-0.3, -0.25) is 5.43 Å². The number of aromatic nitrogens is 2. The van der Waals surface area contributed by atoms with Gasteiger partial charge < -0.3 is 9.84 Å². The predicted octanol–water partition coefficient (Wildman–Crippen LogP) is 4.69. The number of rotatable bonds is 7. The van der Waals surface area contributed by atoms with Crippen LogP contribution in [0.15, 0.2) is 90.2 Å². The molecule has 7 nitrogen and oxygen atoms in total. The quantitative estimate of drug-likeness (QED) is 0.340. The van der Waals surface area contributed by atoms with Gasteiger partial charge in [-0.1, -0.05) is 30.3 Å². The smallest absolute Gasteiger partial charge is 0.335 e. The summed E-state index contributed by atoms with van der Waals surface area (Å²) in [7, 11) is 1.63. The van der Waals surface area contributed by atoms with Gasteiger partial charge in [-0.05, 0) is 48.5 Å². The lowest BCUT2D eigenvalue weighted by molar-refractivity contribution is 0.0697. The third kappa shape index (κ3) is 4.45. The first-order chi connectivity index (χ1) is 15.2. The molecule has 0 aliphatic heterocycles. The van der Waals surface area contributed by atoms with Crippen LogP contribution in [0.25, 0.3) is 16.9 Å². The van der Waals surface area contributed by atoms with Crippen LogP contribution in [0, 0.1) is 0 Å². The number of methoxy groups -OCH3 is 1. The number of hydrazone groups is 1. The molecule has 1 heterocycles. The monoisotopic (exact) mass is 412 g/mol. The zero-order valence-electron chi connectivity index (χ0n) is 16.8. The first-order valence-electron chi connectivity index (χ1n) is 9.56. The van der Waals surface area contributed by atoms with E-state index in [0.717, 1.165) is 22.5 Å². The van der Waals surface area contributed by atoms with Gasteiger partial charge in [0.2, 0.25) is 0 Å². The molecule has 2 N–H and O–H groups in total. The molecule has 154 valence electrons. The summed E-state index contributed by atoms with van der Waals surface area (Å²) in [6.45, 7) is 0. The number of aromatic carboxylic acids is 1. The van der Waals surface area contributed by atoms with Gasteiger partial charge in [0.1, 0.15) is 11.4 Å². The number of ether oxygens (including phenoxy) is 1. The van der Waals surface area contributed by atoms with Gasteiger partial charge in [0.05, 0.1) is 30.3 Å². The van der Waals surface area contributed by atoms with Crippen molar-refractivity contribution in [1.82, 2.24) is 9.78 Å². The number of benzene rings is 3. The average molecular weight is 412 g/mol. The normalized spacial score (nSPS) is 10.9. The highest BCUT2D eigenvalue weighted by atomic mass is 16.5. The number of carboxylic acids is 1. The number of anilines is 1. The first-order valence-corrected chi connectivity index (χ1v) is 9.56. The number of hydrogen-bond donors (Lipinski definition) is 2. The Balaban J connectivity index is 1.67. The second kappa shape index (κ2) is 8.96. The second-order valence-corrected chi connectivity index (χ2v) is 6.67. The van der Waals surface area contributed by atoms with Gasteiger partial charge in [-0.15, -0.1) is 0 Å². The highest BCUT2D eigenvalue weighted by Crippen LogP contribution is 2.31. The summed E-state index contributed by atoms with van der Waals surface area (Å²) in [6.07, 6.45) is 3.58. The number of nitrogens with one attached hydrogen (secondary N) is 1.